The summed E-state index contributed by atoms with van der Waals surface area (Å²) in [5, 5.41) is 1.27. The second kappa shape index (κ2) is 3.85. The molecule has 1 aromatic carbocycles. The Hall–Kier alpha value is -0.800. The van der Waals surface area contributed by atoms with E-state index in [1.807, 2.05) is 0 Å². The van der Waals surface area contributed by atoms with Crippen molar-refractivity contribution in [2.45, 2.75) is 31.2 Å². The smallest absolute Gasteiger partial charge is 0.0489 e. The number of rotatable bonds is 1. The fraction of sp³-hybridized carbons (Fsp3) is 0.429. The third-order valence-electron chi connectivity index (χ3n) is 4.01. The molecule has 0 unspecified atom stereocenters. The molecule has 1 aromatic heterocycles. The molecule has 0 amide bonds. The van der Waals surface area contributed by atoms with Gasteiger partial charge >= 0.3 is 0 Å². The average molecular weight is 293 g/mol. The van der Waals surface area contributed by atoms with Crippen molar-refractivity contribution in [3.63, 3.8) is 0 Å². The quantitative estimate of drug-likeness (QED) is 0.854. The molecule has 0 spiro atoms. The Morgan fingerprint density at radius 1 is 1.29 bits per heavy atom. The lowest BCUT2D eigenvalue weighted by molar-refractivity contribution is 0.462. The maximum absolute atomic E-state index is 6.51. The van der Waals surface area contributed by atoms with Crippen LogP contribution in [0, 0.1) is 0 Å². The van der Waals surface area contributed by atoms with Gasteiger partial charge in [0.2, 0.25) is 0 Å². The molecule has 1 saturated carbocycles. The molecule has 1 aliphatic rings. The van der Waals surface area contributed by atoms with Gasteiger partial charge in [-0.1, -0.05) is 18.9 Å². The van der Waals surface area contributed by atoms with Crippen LogP contribution in [0.4, 0.5) is 0 Å². The minimum absolute atomic E-state index is 0.0938. The number of halogens is 1. The van der Waals surface area contributed by atoms with Crippen LogP contribution in [0.25, 0.3) is 10.9 Å². The van der Waals surface area contributed by atoms with Crippen molar-refractivity contribution in [3.8, 4) is 0 Å². The Morgan fingerprint density at radius 2 is 2.00 bits per heavy atom. The zero-order chi connectivity index (χ0) is 12.0. The van der Waals surface area contributed by atoms with Crippen molar-refractivity contribution >= 4 is 26.8 Å². The molecular weight excluding hydrogens is 276 g/mol. The molecule has 2 nitrogen and oxygen atoms in total. The molecule has 0 radical (unpaired) electrons. The van der Waals surface area contributed by atoms with Crippen molar-refractivity contribution in [1.29, 1.82) is 0 Å². The van der Waals surface area contributed by atoms with E-state index in [2.05, 4.69) is 51.9 Å². The monoisotopic (exact) mass is 292 g/mol. The summed E-state index contributed by atoms with van der Waals surface area (Å²) in [6, 6.07) is 6.63. The molecule has 1 fully saturated rings. The van der Waals surface area contributed by atoms with E-state index in [9.17, 15) is 0 Å². The predicted octanol–water partition coefficient (Wildman–Crippen LogP) is 3.67. The van der Waals surface area contributed by atoms with E-state index in [-0.39, 0.29) is 5.54 Å². The molecule has 3 heteroatoms. The van der Waals surface area contributed by atoms with Gasteiger partial charge in [-0.15, -0.1) is 0 Å². The summed E-state index contributed by atoms with van der Waals surface area (Å²) in [6.45, 7) is 0. The van der Waals surface area contributed by atoms with Gasteiger partial charge in [-0.25, -0.2) is 0 Å². The van der Waals surface area contributed by atoms with E-state index in [0.29, 0.717) is 0 Å². The van der Waals surface area contributed by atoms with E-state index < -0.39 is 0 Å². The van der Waals surface area contributed by atoms with Gasteiger partial charge < -0.3 is 10.3 Å². The molecule has 0 bridgehead atoms. The molecule has 1 aliphatic carbocycles. The highest BCUT2D eigenvalue weighted by Gasteiger charge is 2.31. The number of aromatic nitrogens is 1. The topological polar surface area (TPSA) is 30.9 Å². The number of hydrogen-bond acceptors (Lipinski definition) is 1. The highest BCUT2D eigenvalue weighted by Crippen LogP contribution is 2.38. The number of fused-ring (bicyclic) bond motifs is 1. The third kappa shape index (κ3) is 1.72. The van der Waals surface area contributed by atoms with Gasteiger partial charge in [-0.3, -0.25) is 0 Å². The molecule has 3 rings (SSSR count). The van der Waals surface area contributed by atoms with Gasteiger partial charge in [0, 0.05) is 34.2 Å². The summed E-state index contributed by atoms with van der Waals surface area (Å²) in [6.07, 6.45) is 6.84. The summed E-state index contributed by atoms with van der Waals surface area (Å²) < 4.78 is 3.29. The van der Waals surface area contributed by atoms with Gasteiger partial charge in [-0.05, 0) is 46.5 Å². The highest BCUT2D eigenvalue weighted by molar-refractivity contribution is 9.10. The SMILES string of the molecule is Cn1cc(Br)c2cc(C3(N)CCCC3)ccc21. The van der Waals surface area contributed by atoms with Gasteiger partial charge in [0.1, 0.15) is 0 Å². The Bertz CT molecular complexity index is 565. The van der Waals surface area contributed by atoms with E-state index in [1.54, 1.807) is 0 Å². The lowest BCUT2D eigenvalue weighted by atomic mass is 9.89. The van der Waals surface area contributed by atoms with Gasteiger partial charge in [0.05, 0.1) is 0 Å². The summed E-state index contributed by atoms with van der Waals surface area (Å²) in [5.41, 5.74) is 8.95. The van der Waals surface area contributed by atoms with Gasteiger partial charge in [-0.2, -0.15) is 0 Å². The molecule has 1 heterocycles. The standard InChI is InChI=1S/C14H17BrN2/c1-17-9-12(15)11-8-10(4-5-13(11)17)14(16)6-2-3-7-14/h4-5,8-9H,2-3,6-7,16H2,1H3. The minimum Gasteiger partial charge on any atom is -0.349 e. The van der Waals surface area contributed by atoms with Crippen molar-refractivity contribution in [2.75, 3.05) is 0 Å². The Balaban J connectivity index is 2.16. The molecular formula is C14H17BrN2. The third-order valence-corrected chi connectivity index (χ3v) is 4.64. The number of aryl methyl sites for hydroxylation is 1. The summed E-state index contributed by atoms with van der Waals surface area (Å²) >= 11 is 3.62. The predicted molar refractivity (Wildman–Crippen MR) is 75.0 cm³/mol. The molecule has 2 N–H and O–H groups in total. The van der Waals surface area contributed by atoms with Crippen molar-refractivity contribution in [1.82, 2.24) is 4.57 Å². The van der Waals surface area contributed by atoms with Crippen LogP contribution in [0.5, 0.6) is 0 Å². The molecule has 0 atom stereocenters. The fourth-order valence-corrected chi connectivity index (χ4v) is 3.57. The van der Waals surface area contributed by atoms with Crippen molar-refractivity contribution in [3.05, 3.63) is 34.4 Å². The largest absolute Gasteiger partial charge is 0.349 e. The summed E-state index contributed by atoms with van der Waals surface area (Å²) in [7, 11) is 2.07. The summed E-state index contributed by atoms with van der Waals surface area (Å²) in [4.78, 5) is 0. The second-order valence-corrected chi connectivity index (χ2v) is 6.04. The van der Waals surface area contributed by atoms with Crippen LogP contribution in [-0.2, 0) is 12.6 Å². The molecule has 17 heavy (non-hydrogen) atoms. The van der Waals surface area contributed by atoms with Gasteiger partial charge in [0.15, 0.2) is 0 Å². The lowest BCUT2D eigenvalue weighted by Crippen LogP contribution is -2.32. The Morgan fingerprint density at radius 3 is 2.71 bits per heavy atom. The zero-order valence-corrected chi connectivity index (χ0v) is 11.6. The maximum atomic E-state index is 6.51. The first-order chi connectivity index (χ1) is 8.10. The Labute approximate surface area is 110 Å². The number of nitrogens with zero attached hydrogens (tertiary/aromatic N) is 1. The van der Waals surface area contributed by atoms with Crippen molar-refractivity contribution < 1.29 is 0 Å². The average Bonchev–Trinajstić information content (AvgIpc) is 2.86. The lowest BCUT2D eigenvalue weighted by Gasteiger charge is -2.24. The van der Waals surface area contributed by atoms with Gasteiger partial charge in [0.25, 0.3) is 0 Å². The number of nitrogens with two attached hydrogens (primary N) is 1. The van der Waals surface area contributed by atoms with E-state index in [0.717, 1.165) is 17.3 Å². The molecule has 90 valence electrons. The van der Waals surface area contributed by atoms with Crippen LogP contribution in [0.2, 0.25) is 0 Å². The van der Waals surface area contributed by atoms with Crippen LogP contribution in [-0.4, -0.2) is 4.57 Å². The normalized spacial score (nSPS) is 19.0. The van der Waals surface area contributed by atoms with Crippen molar-refractivity contribution in [2.24, 2.45) is 12.8 Å². The molecule has 0 saturated heterocycles. The molecule has 0 aliphatic heterocycles. The van der Waals surface area contributed by atoms with E-state index >= 15 is 0 Å². The van der Waals surface area contributed by atoms with E-state index in [4.69, 9.17) is 5.73 Å². The zero-order valence-electron chi connectivity index (χ0n) is 10.0. The number of benzene rings is 1. The van der Waals surface area contributed by atoms with Crippen LogP contribution in [0.15, 0.2) is 28.9 Å². The second-order valence-electron chi connectivity index (χ2n) is 5.18. The first-order valence-electron chi connectivity index (χ1n) is 6.14. The van der Waals surface area contributed by atoms with Crippen LogP contribution in [0.3, 0.4) is 0 Å². The first-order valence-corrected chi connectivity index (χ1v) is 6.93. The Kier molecular flexibility index (Phi) is 2.56. The van der Waals surface area contributed by atoms with Crippen LogP contribution in [0.1, 0.15) is 31.2 Å². The van der Waals surface area contributed by atoms with Crippen LogP contribution < -0.4 is 5.73 Å². The van der Waals surface area contributed by atoms with Crippen LogP contribution >= 0.6 is 15.9 Å². The first kappa shape index (κ1) is 11.3. The number of hydrogen-bond donors (Lipinski definition) is 1. The maximum Gasteiger partial charge on any atom is 0.0489 e. The highest BCUT2D eigenvalue weighted by atomic mass is 79.9. The van der Waals surface area contributed by atoms with E-state index in [1.165, 1.54) is 29.3 Å². The summed E-state index contributed by atoms with van der Waals surface area (Å²) in [5.74, 6) is 0. The minimum atomic E-state index is -0.0938. The molecule has 2 aromatic rings. The fourth-order valence-electron chi connectivity index (χ4n) is 2.95.